The Morgan fingerprint density at radius 1 is 1.12 bits per heavy atom. The Kier molecular flexibility index (Phi) is 6.96. The van der Waals surface area contributed by atoms with Crippen LogP contribution in [0.4, 0.5) is 15.2 Å². The number of carbonyl (C=O) groups excluding carboxylic acids is 2. The van der Waals surface area contributed by atoms with Crippen molar-refractivity contribution in [3.05, 3.63) is 83.1 Å². The second kappa shape index (κ2) is 10.1. The van der Waals surface area contributed by atoms with Gasteiger partial charge in [-0.2, -0.15) is 0 Å². The molecule has 1 fully saturated rings. The summed E-state index contributed by atoms with van der Waals surface area (Å²) in [6.07, 6.45) is 3.16. The molecule has 0 bridgehead atoms. The van der Waals surface area contributed by atoms with Gasteiger partial charge in [-0.25, -0.2) is 9.37 Å². The van der Waals surface area contributed by atoms with E-state index in [4.69, 9.17) is 0 Å². The maximum absolute atomic E-state index is 14.3. The predicted octanol–water partition coefficient (Wildman–Crippen LogP) is 4.50. The second-order valence-corrected chi connectivity index (χ2v) is 8.75. The number of halogens is 1. The average Bonchev–Trinajstić information content (AvgIpc) is 3.27. The Bertz CT molecular complexity index is 1160. The molecular weight excluding hydrogens is 439 g/mol. The average molecular weight is 465 g/mol. The molecule has 0 spiro atoms. The fraction of sp³-hybridized carbons (Fsp3) is 0.240. The summed E-state index contributed by atoms with van der Waals surface area (Å²) in [7, 11) is 2.06. The molecule has 0 radical (unpaired) electrons. The molecule has 170 valence electrons. The van der Waals surface area contributed by atoms with Crippen LogP contribution in [0.15, 0.2) is 66.1 Å². The van der Waals surface area contributed by atoms with E-state index in [0.717, 1.165) is 18.7 Å². The maximum atomic E-state index is 14.3. The fourth-order valence-electron chi connectivity index (χ4n) is 3.89. The summed E-state index contributed by atoms with van der Waals surface area (Å²) >= 11 is 1.22. The zero-order valence-electron chi connectivity index (χ0n) is 18.5. The highest BCUT2D eigenvalue weighted by molar-refractivity contribution is 7.14. The monoisotopic (exact) mass is 464 g/mol. The van der Waals surface area contributed by atoms with Crippen molar-refractivity contribution in [3.63, 3.8) is 0 Å². The molecule has 3 aromatic rings. The van der Waals surface area contributed by atoms with Gasteiger partial charge in [-0.3, -0.25) is 14.5 Å². The third kappa shape index (κ3) is 5.18. The minimum atomic E-state index is -0.503. The van der Waals surface area contributed by atoms with Crippen molar-refractivity contribution in [1.82, 2.24) is 14.8 Å². The first kappa shape index (κ1) is 22.8. The van der Waals surface area contributed by atoms with Gasteiger partial charge in [0.25, 0.3) is 0 Å². The van der Waals surface area contributed by atoms with Crippen molar-refractivity contribution in [2.24, 2.45) is 0 Å². The summed E-state index contributed by atoms with van der Waals surface area (Å²) in [5, 5.41) is 2.09. The lowest BCUT2D eigenvalue weighted by atomic mass is 10.0. The summed E-state index contributed by atoms with van der Waals surface area (Å²) in [5.74, 6) is -0.939. The highest BCUT2D eigenvalue weighted by atomic mass is 32.1. The van der Waals surface area contributed by atoms with Crippen molar-refractivity contribution in [1.29, 1.82) is 0 Å². The number of amides is 2. The molecule has 8 heteroatoms. The van der Waals surface area contributed by atoms with Gasteiger partial charge < -0.3 is 9.80 Å². The number of likely N-dealkylation sites (N-methyl/N-ethyl adjacent to an activating group) is 1. The summed E-state index contributed by atoms with van der Waals surface area (Å²) in [6, 6.07) is 16.1. The summed E-state index contributed by atoms with van der Waals surface area (Å²) < 4.78 is 14.3. The third-order valence-corrected chi connectivity index (χ3v) is 6.40. The van der Waals surface area contributed by atoms with Crippen molar-refractivity contribution in [3.8, 4) is 0 Å². The molecule has 1 aliphatic rings. The zero-order chi connectivity index (χ0) is 23.4. The quantitative estimate of drug-likeness (QED) is 0.522. The van der Waals surface area contributed by atoms with Crippen molar-refractivity contribution < 1.29 is 14.0 Å². The van der Waals surface area contributed by atoms with Gasteiger partial charge >= 0.3 is 0 Å². The minimum Gasteiger partial charge on any atom is -0.330 e. The van der Waals surface area contributed by atoms with Gasteiger partial charge in [0.2, 0.25) is 11.8 Å². The van der Waals surface area contributed by atoms with E-state index in [9.17, 15) is 14.0 Å². The van der Waals surface area contributed by atoms with Gasteiger partial charge in [0, 0.05) is 38.0 Å². The van der Waals surface area contributed by atoms with Crippen LogP contribution in [0.25, 0.3) is 6.08 Å². The Balaban J connectivity index is 1.53. The Hall–Kier alpha value is -3.36. The smallest absolute Gasteiger partial charge is 0.247 e. The summed E-state index contributed by atoms with van der Waals surface area (Å²) in [6.45, 7) is 3.57. The van der Waals surface area contributed by atoms with Gasteiger partial charge in [-0.1, -0.05) is 42.5 Å². The molecule has 2 aromatic carbocycles. The molecule has 0 saturated carbocycles. The standard InChI is InChI=1S/C25H25FN4O2S/c1-18(31)30(22-11-7-6-10-21(22)26)25-27-20(17-33-25)12-13-24(32)29-15-14-28(2)16-23(29)19-8-4-3-5-9-19/h3-13,17,23H,14-16H2,1-2H3/b13-12+. The van der Waals surface area contributed by atoms with Crippen LogP contribution in [-0.2, 0) is 9.59 Å². The first-order valence-corrected chi connectivity index (χ1v) is 11.5. The Morgan fingerprint density at radius 2 is 1.85 bits per heavy atom. The number of benzene rings is 2. The van der Waals surface area contributed by atoms with E-state index < -0.39 is 5.82 Å². The lowest BCUT2D eigenvalue weighted by Crippen LogP contribution is -2.48. The van der Waals surface area contributed by atoms with Crippen molar-refractivity contribution >= 4 is 40.0 Å². The maximum Gasteiger partial charge on any atom is 0.247 e. The molecule has 33 heavy (non-hydrogen) atoms. The van der Waals surface area contributed by atoms with E-state index in [0.29, 0.717) is 17.4 Å². The van der Waals surface area contributed by atoms with E-state index in [1.54, 1.807) is 23.6 Å². The van der Waals surface area contributed by atoms with E-state index in [1.807, 2.05) is 35.2 Å². The van der Waals surface area contributed by atoms with Crippen molar-refractivity contribution in [2.45, 2.75) is 13.0 Å². The predicted molar refractivity (Wildman–Crippen MR) is 129 cm³/mol. The fourth-order valence-corrected chi connectivity index (χ4v) is 4.74. The first-order chi connectivity index (χ1) is 15.9. The van der Waals surface area contributed by atoms with Crippen LogP contribution < -0.4 is 4.90 Å². The van der Waals surface area contributed by atoms with Gasteiger partial charge in [0.15, 0.2) is 5.13 Å². The number of aromatic nitrogens is 1. The first-order valence-electron chi connectivity index (χ1n) is 10.7. The van der Waals surface area contributed by atoms with Gasteiger partial charge in [0.1, 0.15) is 5.82 Å². The zero-order valence-corrected chi connectivity index (χ0v) is 19.3. The van der Waals surface area contributed by atoms with Crippen LogP contribution in [0.2, 0.25) is 0 Å². The van der Waals surface area contributed by atoms with Gasteiger partial charge in [0.05, 0.1) is 17.4 Å². The summed E-state index contributed by atoms with van der Waals surface area (Å²) in [5.41, 5.74) is 1.79. The second-order valence-electron chi connectivity index (χ2n) is 7.91. The van der Waals surface area contributed by atoms with E-state index in [2.05, 4.69) is 16.9 Å². The van der Waals surface area contributed by atoms with E-state index in [1.165, 1.54) is 41.4 Å². The lowest BCUT2D eigenvalue weighted by molar-refractivity contribution is -0.130. The molecule has 1 aliphatic heterocycles. The van der Waals surface area contributed by atoms with Crippen LogP contribution in [-0.4, -0.2) is 53.3 Å². The summed E-state index contributed by atoms with van der Waals surface area (Å²) in [4.78, 5) is 35.1. The number of hydrogen-bond donors (Lipinski definition) is 0. The van der Waals surface area contributed by atoms with Gasteiger partial charge in [-0.15, -0.1) is 11.3 Å². The number of carbonyl (C=O) groups is 2. The van der Waals surface area contributed by atoms with Crippen LogP contribution in [0.1, 0.15) is 24.2 Å². The van der Waals surface area contributed by atoms with Gasteiger partial charge in [-0.05, 0) is 30.8 Å². The Labute approximate surface area is 196 Å². The molecule has 1 aromatic heterocycles. The topological polar surface area (TPSA) is 56.8 Å². The lowest BCUT2D eigenvalue weighted by Gasteiger charge is -2.39. The van der Waals surface area contributed by atoms with Crippen LogP contribution >= 0.6 is 11.3 Å². The molecule has 2 heterocycles. The number of rotatable bonds is 5. The molecule has 6 nitrogen and oxygen atoms in total. The number of piperazine rings is 1. The van der Waals surface area contributed by atoms with Crippen molar-refractivity contribution in [2.75, 3.05) is 31.6 Å². The van der Waals surface area contributed by atoms with Crippen LogP contribution in [0.3, 0.4) is 0 Å². The molecule has 0 N–H and O–H groups in total. The molecule has 0 aliphatic carbocycles. The third-order valence-electron chi connectivity index (χ3n) is 5.56. The number of hydrogen-bond acceptors (Lipinski definition) is 5. The molecule has 4 rings (SSSR count). The minimum absolute atomic E-state index is 0.0256. The number of nitrogens with zero attached hydrogens (tertiary/aromatic N) is 4. The SMILES string of the molecule is CC(=O)N(c1nc(/C=C/C(=O)N2CCN(C)CC2c2ccccc2)cs1)c1ccccc1F. The van der Waals surface area contributed by atoms with E-state index >= 15 is 0 Å². The molecular formula is C25H25FN4O2S. The molecule has 2 amide bonds. The molecule has 1 saturated heterocycles. The molecule has 1 unspecified atom stereocenters. The highest BCUT2D eigenvalue weighted by Crippen LogP contribution is 2.31. The Morgan fingerprint density at radius 3 is 2.58 bits per heavy atom. The molecule has 1 atom stereocenters. The largest absolute Gasteiger partial charge is 0.330 e. The number of para-hydroxylation sites is 1. The highest BCUT2D eigenvalue weighted by Gasteiger charge is 2.29. The van der Waals surface area contributed by atoms with E-state index in [-0.39, 0.29) is 23.5 Å². The number of thiazole rings is 1. The normalized spacial score (nSPS) is 16.8. The van der Waals surface area contributed by atoms with Crippen LogP contribution in [0, 0.1) is 5.82 Å². The van der Waals surface area contributed by atoms with Crippen LogP contribution in [0.5, 0.6) is 0 Å². The number of anilines is 2.